The first-order valence-corrected chi connectivity index (χ1v) is 13.1. The zero-order chi connectivity index (χ0) is 26.9. The molecule has 37 heavy (non-hydrogen) atoms. The third kappa shape index (κ3) is 7.01. The van der Waals surface area contributed by atoms with Crippen LogP contribution in [0.5, 0.6) is 11.5 Å². The first kappa shape index (κ1) is 28.0. The second-order valence-electron chi connectivity index (χ2n) is 7.46. The minimum Gasteiger partial charge on any atom is -0.497 e. The molecule has 0 fully saturated rings. The summed E-state index contributed by atoms with van der Waals surface area (Å²) in [6.07, 6.45) is 0. The number of thioether (sulfide) groups is 1. The molecule has 1 amide bonds. The number of methoxy groups -OCH3 is 1. The van der Waals surface area contributed by atoms with E-state index in [0.717, 1.165) is 17.1 Å². The number of nitrogens with zero attached hydrogens (tertiary/aromatic N) is 3. The third-order valence-electron chi connectivity index (χ3n) is 5.02. The van der Waals surface area contributed by atoms with Crippen molar-refractivity contribution in [3.63, 3.8) is 0 Å². The SMILES string of the molecule is CCOC(=O)c1sc(NC(=O)CSc2nnc(COc3ccc(OC)cc3)n2C)c(C(=O)OCC)c1C. The van der Waals surface area contributed by atoms with Crippen LogP contribution in [0.2, 0.25) is 0 Å². The highest BCUT2D eigenvalue weighted by Crippen LogP contribution is 2.34. The van der Waals surface area contributed by atoms with Crippen LogP contribution >= 0.6 is 23.1 Å². The number of hydrogen-bond acceptors (Lipinski definition) is 11. The largest absolute Gasteiger partial charge is 0.497 e. The van der Waals surface area contributed by atoms with Crippen LogP contribution in [0.1, 0.15) is 45.3 Å². The van der Waals surface area contributed by atoms with E-state index in [2.05, 4.69) is 15.5 Å². The Morgan fingerprint density at radius 2 is 1.68 bits per heavy atom. The molecule has 0 aliphatic heterocycles. The number of carbonyl (C=O) groups is 3. The average molecular weight is 549 g/mol. The highest BCUT2D eigenvalue weighted by Gasteiger charge is 2.27. The molecule has 11 nitrogen and oxygen atoms in total. The van der Waals surface area contributed by atoms with E-state index in [1.165, 1.54) is 11.8 Å². The lowest BCUT2D eigenvalue weighted by atomic mass is 10.1. The molecule has 0 radical (unpaired) electrons. The number of carbonyl (C=O) groups excluding carboxylic acids is 3. The molecule has 198 valence electrons. The summed E-state index contributed by atoms with van der Waals surface area (Å²) in [5.74, 6) is 0.399. The molecule has 0 aliphatic rings. The Kier molecular flexibility index (Phi) is 9.92. The van der Waals surface area contributed by atoms with Crippen LogP contribution in [0.15, 0.2) is 29.4 Å². The summed E-state index contributed by atoms with van der Waals surface area (Å²) in [5.41, 5.74) is 0.546. The van der Waals surface area contributed by atoms with E-state index in [1.54, 1.807) is 63.8 Å². The Morgan fingerprint density at radius 3 is 2.32 bits per heavy atom. The third-order valence-corrected chi connectivity index (χ3v) is 7.23. The highest BCUT2D eigenvalue weighted by molar-refractivity contribution is 7.99. The van der Waals surface area contributed by atoms with Gasteiger partial charge in [-0.3, -0.25) is 4.79 Å². The van der Waals surface area contributed by atoms with Gasteiger partial charge in [0, 0.05) is 7.05 Å². The van der Waals surface area contributed by atoms with Gasteiger partial charge in [-0.25, -0.2) is 9.59 Å². The van der Waals surface area contributed by atoms with Crippen molar-refractivity contribution in [3.05, 3.63) is 46.1 Å². The van der Waals surface area contributed by atoms with Gasteiger partial charge in [0.05, 0.1) is 31.6 Å². The van der Waals surface area contributed by atoms with Gasteiger partial charge in [0.15, 0.2) is 11.0 Å². The van der Waals surface area contributed by atoms with Gasteiger partial charge in [-0.05, 0) is 50.6 Å². The molecule has 2 aromatic heterocycles. The summed E-state index contributed by atoms with van der Waals surface area (Å²) in [7, 11) is 3.37. The maximum atomic E-state index is 12.7. The molecule has 0 bridgehead atoms. The molecule has 1 N–H and O–H groups in total. The van der Waals surface area contributed by atoms with Crippen LogP contribution in [0.25, 0.3) is 0 Å². The molecule has 0 spiro atoms. The van der Waals surface area contributed by atoms with Crippen molar-refractivity contribution < 1.29 is 33.3 Å². The molecule has 1 aromatic carbocycles. The Balaban J connectivity index is 1.64. The zero-order valence-electron chi connectivity index (χ0n) is 21.2. The monoisotopic (exact) mass is 548 g/mol. The zero-order valence-corrected chi connectivity index (χ0v) is 22.8. The van der Waals surface area contributed by atoms with E-state index >= 15 is 0 Å². The molecular formula is C24H28N4O7S2. The molecule has 0 aliphatic carbocycles. The van der Waals surface area contributed by atoms with E-state index in [4.69, 9.17) is 18.9 Å². The summed E-state index contributed by atoms with van der Waals surface area (Å²) in [5, 5.41) is 11.7. The molecule has 3 aromatic rings. The molecule has 0 saturated heterocycles. The highest BCUT2D eigenvalue weighted by atomic mass is 32.2. The van der Waals surface area contributed by atoms with Crippen molar-refractivity contribution in [3.8, 4) is 11.5 Å². The fourth-order valence-corrected chi connectivity index (χ4v) is 4.99. The van der Waals surface area contributed by atoms with Gasteiger partial charge in [0.1, 0.15) is 28.0 Å². The van der Waals surface area contributed by atoms with Crippen molar-refractivity contribution in [2.45, 2.75) is 32.5 Å². The van der Waals surface area contributed by atoms with E-state index in [1.807, 2.05) is 0 Å². The predicted molar refractivity (Wildman–Crippen MR) is 139 cm³/mol. The normalized spacial score (nSPS) is 10.6. The van der Waals surface area contributed by atoms with Crippen LogP contribution in [-0.2, 0) is 27.9 Å². The fraction of sp³-hybridized carbons (Fsp3) is 0.375. The molecule has 2 heterocycles. The number of nitrogens with one attached hydrogen (secondary N) is 1. The Bertz CT molecular complexity index is 1250. The molecule has 0 atom stereocenters. The summed E-state index contributed by atoms with van der Waals surface area (Å²) in [6, 6.07) is 7.17. The summed E-state index contributed by atoms with van der Waals surface area (Å²) in [4.78, 5) is 37.8. The minimum atomic E-state index is -0.621. The van der Waals surface area contributed by atoms with Gasteiger partial charge in [-0.1, -0.05) is 11.8 Å². The number of amides is 1. The van der Waals surface area contributed by atoms with E-state index < -0.39 is 11.9 Å². The lowest BCUT2D eigenvalue weighted by Gasteiger charge is -2.08. The van der Waals surface area contributed by atoms with Crippen molar-refractivity contribution in [1.29, 1.82) is 0 Å². The standard InChI is InChI=1S/C24H28N4O7S2/c1-6-33-22(30)19-14(3)20(23(31)34-7-2)37-21(19)25-18(29)13-36-24-27-26-17(28(24)4)12-35-16-10-8-15(32-5)9-11-16/h8-11H,6-7,12-13H2,1-5H3,(H,25,29). The van der Waals surface area contributed by atoms with Crippen LogP contribution in [0, 0.1) is 6.92 Å². The predicted octanol–water partition coefficient (Wildman–Crippen LogP) is 3.86. The quantitative estimate of drug-likeness (QED) is 0.263. The minimum absolute atomic E-state index is 0.000731. The molecule has 13 heteroatoms. The summed E-state index contributed by atoms with van der Waals surface area (Å²) < 4.78 is 22.8. The molecule has 0 saturated carbocycles. The Labute approximate surface area is 222 Å². The number of benzene rings is 1. The number of anilines is 1. The number of thiophene rings is 1. The number of hydrogen-bond donors (Lipinski definition) is 1. The second-order valence-corrected chi connectivity index (χ2v) is 9.42. The van der Waals surface area contributed by atoms with Gasteiger partial charge in [-0.15, -0.1) is 21.5 Å². The van der Waals surface area contributed by atoms with Crippen LogP contribution in [0.3, 0.4) is 0 Å². The fourth-order valence-electron chi connectivity index (χ4n) is 3.15. The topological polar surface area (TPSA) is 131 Å². The van der Waals surface area contributed by atoms with Crippen molar-refractivity contribution in [1.82, 2.24) is 14.8 Å². The molecule has 0 unspecified atom stereocenters. The van der Waals surface area contributed by atoms with Gasteiger partial charge < -0.3 is 28.8 Å². The van der Waals surface area contributed by atoms with Crippen molar-refractivity contribution >= 4 is 45.9 Å². The first-order valence-electron chi connectivity index (χ1n) is 11.3. The lowest BCUT2D eigenvalue weighted by Crippen LogP contribution is -2.17. The second kappa shape index (κ2) is 13.1. The van der Waals surface area contributed by atoms with Gasteiger partial charge >= 0.3 is 11.9 Å². The summed E-state index contributed by atoms with van der Waals surface area (Å²) in [6.45, 7) is 5.52. The maximum Gasteiger partial charge on any atom is 0.348 e. The summed E-state index contributed by atoms with van der Waals surface area (Å²) >= 11 is 2.15. The van der Waals surface area contributed by atoms with Gasteiger partial charge in [0.25, 0.3) is 0 Å². The van der Waals surface area contributed by atoms with E-state index in [9.17, 15) is 14.4 Å². The van der Waals surface area contributed by atoms with E-state index in [0.29, 0.717) is 22.3 Å². The van der Waals surface area contributed by atoms with Crippen molar-refractivity contribution in [2.75, 3.05) is 31.4 Å². The molecular weight excluding hydrogens is 520 g/mol. The van der Waals surface area contributed by atoms with Crippen molar-refractivity contribution in [2.24, 2.45) is 7.05 Å². The number of ether oxygens (including phenoxy) is 4. The van der Waals surface area contributed by atoms with Crippen LogP contribution in [-0.4, -0.2) is 58.7 Å². The maximum absolute atomic E-state index is 12.7. The van der Waals surface area contributed by atoms with Gasteiger partial charge in [-0.2, -0.15) is 0 Å². The van der Waals surface area contributed by atoms with E-state index in [-0.39, 0.29) is 46.9 Å². The average Bonchev–Trinajstić information content (AvgIpc) is 3.40. The smallest absolute Gasteiger partial charge is 0.348 e. The first-order chi connectivity index (χ1) is 17.8. The van der Waals surface area contributed by atoms with Crippen LogP contribution < -0.4 is 14.8 Å². The lowest BCUT2D eigenvalue weighted by molar-refractivity contribution is -0.113. The van der Waals surface area contributed by atoms with Crippen LogP contribution in [0.4, 0.5) is 5.00 Å². The number of rotatable bonds is 12. The van der Waals surface area contributed by atoms with Gasteiger partial charge in [0.2, 0.25) is 5.91 Å². The number of esters is 2. The Morgan fingerprint density at radius 1 is 1.03 bits per heavy atom. The Hall–Kier alpha value is -3.58. The number of aromatic nitrogens is 3. The molecule has 3 rings (SSSR count).